The van der Waals surface area contributed by atoms with E-state index in [-0.39, 0.29) is 5.91 Å². The summed E-state index contributed by atoms with van der Waals surface area (Å²) in [4.78, 5) is 17.1. The molecule has 0 aliphatic carbocycles. The lowest BCUT2D eigenvalue weighted by atomic mass is 10.0. The van der Waals surface area contributed by atoms with Crippen LogP contribution in [0, 0.1) is 11.3 Å². The fourth-order valence-corrected chi connectivity index (χ4v) is 3.64. The van der Waals surface area contributed by atoms with Crippen molar-refractivity contribution in [2.24, 2.45) is 0 Å². The van der Waals surface area contributed by atoms with Gasteiger partial charge in [0, 0.05) is 32.4 Å². The minimum Gasteiger partial charge on any atom is -0.355 e. The van der Waals surface area contributed by atoms with Gasteiger partial charge in [-0.15, -0.1) is 16.4 Å². The highest BCUT2D eigenvalue weighted by Gasteiger charge is 2.28. The van der Waals surface area contributed by atoms with Crippen molar-refractivity contribution in [3.8, 4) is 6.07 Å². The topological polar surface area (TPSA) is 73.1 Å². The van der Waals surface area contributed by atoms with E-state index in [4.69, 9.17) is 5.26 Å². The molecule has 0 spiro atoms. The maximum atomic E-state index is 12.5. The van der Waals surface area contributed by atoms with Crippen LogP contribution in [0.3, 0.4) is 0 Å². The van der Waals surface area contributed by atoms with Crippen molar-refractivity contribution in [3.63, 3.8) is 0 Å². The molecule has 1 aliphatic rings. The van der Waals surface area contributed by atoms with Gasteiger partial charge in [-0.2, -0.15) is 10.4 Å². The average molecular weight is 327 g/mol. The number of amides is 1. The highest BCUT2D eigenvalue weighted by atomic mass is 32.1. The number of thiophene rings is 1. The molecule has 118 valence electrons. The zero-order valence-electron chi connectivity index (χ0n) is 12.8. The summed E-state index contributed by atoms with van der Waals surface area (Å²) in [5.41, 5.74) is 0.471. The van der Waals surface area contributed by atoms with Gasteiger partial charge < -0.3 is 9.80 Å². The molecule has 3 heterocycles. The second kappa shape index (κ2) is 6.75. The number of carbonyl (C=O) groups is 1. The van der Waals surface area contributed by atoms with E-state index in [9.17, 15) is 4.79 Å². The third-order valence-corrected chi connectivity index (χ3v) is 5.10. The maximum Gasteiger partial charge on any atom is 0.265 e. The molecule has 1 fully saturated rings. The van der Waals surface area contributed by atoms with Crippen LogP contribution in [0.1, 0.15) is 28.1 Å². The van der Waals surface area contributed by atoms with Gasteiger partial charge in [-0.25, -0.2) is 0 Å². The van der Waals surface area contributed by atoms with Crippen LogP contribution in [0.4, 0.5) is 5.82 Å². The van der Waals surface area contributed by atoms with Gasteiger partial charge in [0.2, 0.25) is 0 Å². The van der Waals surface area contributed by atoms with Crippen LogP contribution in [-0.4, -0.2) is 47.2 Å². The first-order chi connectivity index (χ1) is 11.2. The molecule has 0 unspecified atom stereocenters. The number of piperidine rings is 1. The standard InChI is InChI=1S/C16H17N5OS/c1-20(14-3-2-7-18-19-14)13-4-8-21(9-5-13)16(22)15-12(11-17)6-10-23-15/h2-3,6-7,10,13H,4-5,8-9H2,1H3. The van der Waals surface area contributed by atoms with Crippen LogP contribution in [-0.2, 0) is 0 Å². The van der Waals surface area contributed by atoms with Crippen molar-refractivity contribution in [1.82, 2.24) is 15.1 Å². The molecule has 6 nitrogen and oxygen atoms in total. The second-order valence-electron chi connectivity index (χ2n) is 5.49. The number of likely N-dealkylation sites (tertiary alicyclic amines) is 1. The highest BCUT2D eigenvalue weighted by molar-refractivity contribution is 7.12. The van der Waals surface area contributed by atoms with Gasteiger partial charge in [-0.3, -0.25) is 4.79 Å². The summed E-state index contributed by atoms with van der Waals surface area (Å²) in [7, 11) is 2.01. The Balaban J connectivity index is 1.63. The fraction of sp³-hybridized carbons (Fsp3) is 0.375. The van der Waals surface area contributed by atoms with Gasteiger partial charge in [0.05, 0.1) is 5.56 Å². The number of anilines is 1. The highest BCUT2D eigenvalue weighted by Crippen LogP contribution is 2.23. The largest absolute Gasteiger partial charge is 0.355 e. The zero-order chi connectivity index (χ0) is 16.2. The van der Waals surface area contributed by atoms with Crippen molar-refractivity contribution in [1.29, 1.82) is 5.26 Å². The summed E-state index contributed by atoms with van der Waals surface area (Å²) >= 11 is 1.34. The molecule has 23 heavy (non-hydrogen) atoms. The molecule has 0 saturated carbocycles. The minimum atomic E-state index is -0.0304. The predicted molar refractivity (Wildman–Crippen MR) is 88.4 cm³/mol. The molecule has 0 radical (unpaired) electrons. The summed E-state index contributed by atoms with van der Waals surface area (Å²) in [6.07, 6.45) is 3.42. The van der Waals surface area contributed by atoms with Crippen molar-refractivity contribution in [2.45, 2.75) is 18.9 Å². The summed E-state index contributed by atoms with van der Waals surface area (Å²) in [6.45, 7) is 1.38. The molecule has 3 rings (SSSR count). The van der Waals surface area contributed by atoms with Crippen LogP contribution in [0.2, 0.25) is 0 Å². The molecule has 7 heteroatoms. The average Bonchev–Trinajstić information content (AvgIpc) is 3.10. The van der Waals surface area contributed by atoms with Crippen LogP contribution in [0.25, 0.3) is 0 Å². The van der Waals surface area contributed by atoms with Crippen LogP contribution in [0.5, 0.6) is 0 Å². The van der Waals surface area contributed by atoms with Gasteiger partial charge in [0.25, 0.3) is 5.91 Å². The van der Waals surface area contributed by atoms with Gasteiger partial charge in [0.15, 0.2) is 5.82 Å². The Labute approximate surface area is 139 Å². The van der Waals surface area contributed by atoms with Gasteiger partial charge in [-0.1, -0.05) is 0 Å². The van der Waals surface area contributed by atoms with E-state index in [1.807, 2.05) is 24.1 Å². The molecular weight excluding hydrogens is 310 g/mol. The number of hydrogen-bond donors (Lipinski definition) is 0. The lowest BCUT2D eigenvalue weighted by molar-refractivity contribution is 0.0718. The smallest absolute Gasteiger partial charge is 0.265 e. The first-order valence-electron chi connectivity index (χ1n) is 7.48. The molecule has 1 amide bonds. The molecule has 1 aliphatic heterocycles. The Morgan fingerprint density at radius 1 is 1.43 bits per heavy atom. The van der Waals surface area contributed by atoms with Gasteiger partial charge in [0.1, 0.15) is 10.9 Å². The molecule has 0 atom stereocenters. The Kier molecular flexibility index (Phi) is 4.53. The van der Waals surface area contributed by atoms with Gasteiger partial charge >= 0.3 is 0 Å². The van der Waals surface area contributed by atoms with Crippen LogP contribution in [0.15, 0.2) is 29.8 Å². The van der Waals surface area contributed by atoms with Crippen molar-refractivity contribution in [3.05, 3.63) is 40.2 Å². The van der Waals surface area contributed by atoms with Gasteiger partial charge in [-0.05, 0) is 36.4 Å². The van der Waals surface area contributed by atoms with E-state index in [0.717, 1.165) is 18.7 Å². The third-order valence-electron chi connectivity index (χ3n) is 4.20. The summed E-state index contributed by atoms with van der Waals surface area (Å²) in [6, 6.07) is 7.94. The number of carbonyl (C=O) groups excluding carboxylic acids is 1. The number of rotatable bonds is 3. The van der Waals surface area contributed by atoms with E-state index < -0.39 is 0 Å². The molecule has 2 aromatic rings. The maximum absolute atomic E-state index is 12.5. The van der Waals surface area contributed by atoms with Crippen molar-refractivity contribution < 1.29 is 4.79 Å². The molecule has 0 N–H and O–H groups in total. The quantitative estimate of drug-likeness (QED) is 0.863. The summed E-state index contributed by atoms with van der Waals surface area (Å²) < 4.78 is 0. The Morgan fingerprint density at radius 3 is 2.87 bits per heavy atom. The number of aromatic nitrogens is 2. The third kappa shape index (κ3) is 3.17. The van der Waals surface area contributed by atoms with Crippen molar-refractivity contribution in [2.75, 3.05) is 25.0 Å². The number of hydrogen-bond acceptors (Lipinski definition) is 6. The van der Waals surface area contributed by atoms with Crippen LogP contribution < -0.4 is 4.90 Å². The monoisotopic (exact) mass is 327 g/mol. The number of nitrogens with zero attached hydrogens (tertiary/aromatic N) is 5. The molecule has 1 saturated heterocycles. The fourth-order valence-electron chi connectivity index (χ4n) is 2.83. The summed E-state index contributed by atoms with van der Waals surface area (Å²) in [5.74, 6) is 0.819. The van der Waals surface area contributed by atoms with E-state index in [2.05, 4.69) is 21.2 Å². The van der Waals surface area contributed by atoms with E-state index in [0.29, 0.717) is 29.6 Å². The first kappa shape index (κ1) is 15.4. The number of nitriles is 1. The SMILES string of the molecule is CN(c1cccnn1)C1CCN(C(=O)c2sccc2C#N)CC1. The van der Waals surface area contributed by atoms with Crippen molar-refractivity contribution >= 4 is 23.1 Å². The molecule has 2 aromatic heterocycles. The van der Waals surface area contributed by atoms with E-state index >= 15 is 0 Å². The summed E-state index contributed by atoms with van der Waals surface area (Å²) in [5, 5.41) is 18.9. The lowest BCUT2D eigenvalue weighted by Gasteiger charge is -2.37. The lowest BCUT2D eigenvalue weighted by Crippen LogP contribution is -2.45. The molecule has 0 aromatic carbocycles. The Morgan fingerprint density at radius 2 is 2.22 bits per heavy atom. The molecule has 0 bridgehead atoms. The molecular formula is C16H17N5OS. The van der Waals surface area contributed by atoms with Crippen LogP contribution >= 0.6 is 11.3 Å². The minimum absolute atomic E-state index is 0.0304. The Bertz CT molecular complexity index is 716. The first-order valence-corrected chi connectivity index (χ1v) is 8.36. The van der Waals surface area contributed by atoms with E-state index in [1.165, 1.54) is 11.3 Å². The predicted octanol–water partition coefficient (Wildman–Crippen LogP) is 2.15. The second-order valence-corrected chi connectivity index (χ2v) is 6.41. The normalized spacial score (nSPS) is 15.2. The Hall–Kier alpha value is -2.46. The zero-order valence-corrected chi connectivity index (χ0v) is 13.7. The van der Waals surface area contributed by atoms with E-state index in [1.54, 1.807) is 17.6 Å².